The molecule has 1 fully saturated rings. The molecule has 0 aromatic rings. The van der Waals surface area contributed by atoms with Gasteiger partial charge in [0.25, 0.3) is 0 Å². The molecular weight excluding hydrogens is 190 g/mol. The van der Waals surface area contributed by atoms with Crippen molar-refractivity contribution in [3.8, 4) is 0 Å². The highest BCUT2D eigenvalue weighted by molar-refractivity contribution is 5.71. The van der Waals surface area contributed by atoms with Crippen molar-refractivity contribution >= 4 is 5.97 Å². The number of hydrogen-bond donors (Lipinski definition) is 0. The first kappa shape index (κ1) is 12.5. The van der Waals surface area contributed by atoms with Gasteiger partial charge in [0.05, 0.1) is 13.7 Å². The van der Waals surface area contributed by atoms with Gasteiger partial charge in [-0.1, -0.05) is 19.8 Å². The normalized spacial score (nSPS) is 23.5. The van der Waals surface area contributed by atoms with E-state index < -0.39 is 0 Å². The molecule has 0 amide bonds. The maximum atomic E-state index is 11.1. The lowest BCUT2D eigenvalue weighted by Crippen LogP contribution is -2.31. The molecule has 0 N–H and O–H groups in total. The van der Waals surface area contributed by atoms with Gasteiger partial charge < -0.3 is 4.74 Å². The van der Waals surface area contributed by atoms with Gasteiger partial charge in [-0.05, 0) is 38.3 Å². The van der Waals surface area contributed by atoms with Crippen LogP contribution in [-0.4, -0.2) is 37.6 Å². The van der Waals surface area contributed by atoms with Crippen LogP contribution in [-0.2, 0) is 9.53 Å². The monoisotopic (exact) mass is 213 g/mol. The van der Waals surface area contributed by atoms with Crippen LogP contribution in [0.2, 0.25) is 0 Å². The minimum Gasteiger partial charge on any atom is -0.468 e. The van der Waals surface area contributed by atoms with E-state index in [0.29, 0.717) is 6.54 Å². The second-order valence-electron chi connectivity index (χ2n) is 4.44. The summed E-state index contributed by atoms with van der Waals surface area (Å²) in [7, 11) is 1.46. The van der Waals surface area contributed by atoms with Gasteiger partial charge >= 0.3 is 5.97 Å². The third kappa shape index (κ3) is 4.65. The zero-order valence-electron chi connectivity index (χ0n) is 10.00. The number of methoxy groups -OCH3 is 1. The molecule has 0 spiro atoms. The number of rotatable bonds is 4. The zero-order valence-corrected chi connectivity index (χ0v) is 10.00. The average Bonchev–Trinajstić information content (AvgIpc) is 2.45. The van der Waals surface area contributed by atoms with Crippen molar-refractivity contribution < 1.29 is 9.53 Å². The highest BCUT2D eigenvalue weighted by atomic mass is 16.5. The average molecular weight is 213 g/mol. The van der Waals surface area contributed by atoms with E-state index >= 15 is 0 Å². The summed E-state index contributed by atoms with van der Waals surface area (Å²) in [6.45, 7) is 4.82. The number of carbonyl (C=O) groups excluding carboxylic acids is 1. The molecule has 0 aliphatic carbocycles. The molecule has 1 unspecified atom stereocenters. The van der Waals surface area contributed by atoms with Crippen LogP contribution in [0.3, 0.4) is 0 Å². The van der Waals surface area contributed by atoms with Crippen LogP contribution in [0.25, 0.3) is 0 Å². The molecule has 3 heteroatoms. The van der Waals surface area contributed by atoms with Gasteiger partial charge in [0.1, 0.15) is 0 Å². The maximum Gasteiger partial charge on any atom is 0.319 e. The summed E-state index contributed by atoms with van der Waals surface area (Å²) >= 11 is 0. The summed E-state index contributed by atoms with van der Waals surface area (Å²) in [5.74, 6) is 0.765. The van der Waals surface area contributed by atoms with Crippen molar-refractivity contribution in [1.82, 2.24) is 4.90 Å². The molecule has 1 atom stereocenters. The highest BCUT2D eigenvalue weighted by Gasteiger charge is 2.18. The zero-order chi connectivity index (χ0) is 11.1. The Kier molecular flexibility index (Phi) is 5.69. The predicted octanol–water partition coefficient (Wildman–Crippen LogP) is 2.06. The fourth-order valence-corrected chi connectivity index (χ4v) is 2.33. The van der Waals surface area contributed by atoms with Gasteiger partial charge in [-0.3, -0.25) is 9.69 Å². The first-order valence-electron chi connectivity index (χ1n) is 6.05. The van der Waals surface area contributed by atoms with E-state index in [4.69, 9.17) is 0 Å². The maximum absolute atomic E-state index is 11.1. The van der Waals surface area contributed by atoms with Gasteiger partial charge in [0.15, 0.2) is 0 Å². The molecule has 0 aromatic heterocycles. The molecule has 1 heterocycles. The van der Waals surface area contributed by atoms with Crippen LogP contribution >= 0.6 is 0 Å². The molecule has 0 aromatic carbocycles. The summed E-state index contributed by atoms with van der Waals surface area (Å²) in [5, 5.41) is 0. The minimum atomic E-state index is -0.107. The number of ether oxygens (including phenoxy) is 1. The molecule has 1 aliphatic heterocycles. The van der Waals surface area contributed by atoms with Crippen molar-refractivity contribution in [2.45, 2.75) is 39.0 Å². The fraction of sp³-hybridized carbons (Fsp3) is 0.917. The molecular formula is C12H23NO2. The Hall–Kier alpha value is -0.570. The van der Waals surface area contributed by atoms with E-state index in [-0.39, 0.29) is 5.97 Å². The van der Waals surface area contributed by atoms with Crippen LogP contribution in [0.5, 0.6) is 0 Å². The molecule has 1 saturated heterocycles. The van der Waals surface area contributed by atoms with Crippen molar-refractivity contribution in [2.75, 3.05) is 26.7 Å². The Morgan fingerprint density at radius 2 is 2.20 bits per heavy atom. The van der Waals surface area contributed by atoms with Crippen molar-refractivity contribution in [3.05, 3.63) is 0 Å². The molecule has 15 heavy (non-hydrogen) atoms. The van der Waals surface area contributed by atoms with Gasteiger partial charge in [-0.15, -0.1) is 0 Å². The molecule has 0 saturated carbocycles. The lowest BCUT2D eigenvalue weighted by molar-refractivity contribution is -0.141. The Balaban J connectivity index is 2.29. The Bertz CT molecular complexity index is 194. The lowest BCUT2D eigenvalue weighted by atomic mass is 9.96. The highest BCUT2D eigenvalue weighted by Crippen LogP contribution is 2.21. The third-order valence-corrected chi connectivity index (χ3v) is 3.22. The van der Waals surface area contributed by atoms with E-state index in [0.717, 1.165) is 19.0 Å². The first-order chi connectivity index (χ1) is 7.26. The molecule has 88 valence electrons. The van der Waals surface area contributed by atoms with E-state index in [1.807, 2.05) is 0 Å². The van der Waals surface area contributed by atoms with Gasteiger partial charge in [-0.2, -0.15) is 0 Å². The van der Waals surface area contributed by atoms with Crippen LogP contribution in [0.1, 0.15) is 39.0 Å². The molecule has 1 rings (SSSR count). The quantitative estimate of drug-likeness (QED) is 0.669. The summed E-state index contributed by atoms with van der Waals surface area (Å²) in [5.41, 5.74) is 0. The molecule has 1 aliphatic rings. The van der Waals surface area contributed by atoms with E-state index in [1.165, 1.54) is 39.2 Å². The molecule has 3 nitrogen and oxygen atoms in total. The Morgan fingerprint density at radius 3 is 2.87 bits per heavy atom. The summed E-state index contributed by atoms with van der Waals surface area (Å²) < 4.78 is 4.69. The van der Waals surface area contributed by atoms with Gasteiger partial charge in [0.2, 0.25) is 0 Å². The Morgan fingerprint density at radius 1 is 1.40 bits per heavy atom. The first-order valence-corrected chi connectivity index (χ1v) is 6.05. The minimum absolute atomic E-state index is 0.107. The van der Waals surface area contributed by atoms with Crippen LogP contribution in [0.15, 0.2) is 0 Å². The third-order valence-electron chi connectivity index (χ3n) is 3.22. The summed E-state index contributed by atoms with van der Waals surface area (Å²) in [6.07, 6.45) is 6.41. The van der Waals surface area contributed by atoms with Crippen molar-refractivity contribution in [3.63, 3.8) is 0 Å². The summed E-state index contributed by atoms with van der Waals surface area (Å²) in [4.78, 5) is 13.4. The number of nitrogens with zero attached hydrogens (tertiary/aromatic N) is 1. The SMILES string of the molecule is CCCC1CCCN(CC(=O)OC)CC1. The molecule has 0 bridgehead atoms. The number of carbonyl (C=O) groups is 1. The van der Waals surface area contributed by atoms with E-state index in [9.17, 15) is 4.79 Å². The standard InChI is InChI=1S/C12H23NO2/c1-3-5-11-6-4-8-13(9-7-11)10-12(14)15-2/h11H,3-10H2,1-2H3. The van der Waals surface area contributed by atoms with Crippen LogP contribution in [0.4, 0.5) is 0 Å². The van der Waals surface area contributed by atoms with Gasteiger partial charge in [0, 0.05) is 0 Å². The van der Waals surface area contributed by atoms with Crippen molar-refractivity contribution in [1.29, 1.82) is 0 Å². The smallest absolute Gasteiger partial charge is 0.319 e. The van der Waals surface area contributed by atoms with E-state index in [2.05, 4.69) is 16.6 Å². The second-order valence-corrected chi connectivity index (χ2v) is 4.44. The van der Waals surface area contributed by atoms with E-state index in [1.54, 1.807) is 0 Å². The second kappa shape index (κ2) is 6.83. The van der Waals surface area contributed by atoms with Gasteiger partial charge in [-0.25, -0.2) is 0 Å². The van der Waals surface area contributed by atoms with Crippen LogP contribution < -0.4 is 0 Å². The predicted molar refractivity (Wildman–Crippen MR) is 60.7 cm³/mol. The summed E-state index contributed by atoms with van der Waals surface area (Å²) in [6, 6.07) is 0. The van der Waals surface area contributed by atoms with Crippen LogP contribution in [0, 0.1) is 5.92 Å². The topological polar surface area (TPSA) is 29.5 Å². The largest absolute Gasteiger partial charge is 0.468 e. The number of esters is 1. The molecule has 0 radical (unpaired) electrons. The lowest BCUT2D eigenvalue weighted by Gasteiger charge is -2.18. The van der Waals surface area contributed by atoms with Crippen molar-refractivity contribution in [2.24, 2.45) is 5.92 Å². The fourth-order valence-electron chi connectivity index (χ4n) is 2.33. The number of hydrogen-bond acceptors (Lipinski definition) is 3. The Labute approximate surface area is 92.8 Å². The number of likely N-dealkylation sites (tertiary alicyclic amines) is 1.